The van der Waals surface area contributed by atoms with Gasteiger partial charge in [-0.2, -0.15) is 5.10 Å². The second kappa shape index (κ2) is 6.33. The van der Waals surface area contributed by atoms with Crippen LogP contribution in [-0.4, -0.2) is 29.2 Å². The van der Waals surface area contributed by atoms with Crippen molar-refractivity contribution < 1.29 is 14.3 Å². The second-order valence-corrected chi connectivity index (χ2v) is 4.81. The first-order chi connectivity index (χ1) is 9.61. The number of H-pyrrole nitrogens is 1. The maximum absolute atomic E-state index is 11.7. The molecule has 0 aliphatic heterocycles. The van der Waals surface area contributed by atoms with Crippen molar-refractivity contribution in [2.75, 3.05) is 7.11 Å². The van der Waals surface area contributed by atoms with E-state index in [4.69, 9.17) is 0 Å². The average molecular weight is 338 g/mol. The Bertz CT molecular complexity index is 626. The van der Waals surface area contributed by atoms with E-state index < -0.39 is 5.97 Å². The Morgan fingerprint density at radius 1 is 1.40 bits per heavy atom. The van der Waals surface area contributed by atoms with Gasteiger partial charge in [0, 0.05) is 17.2 Å². The largest absolute Gasteiger partial charge is 0.465 e. The van der Waals surface area contributed by atoms with E-state index in [2.05, 4.69) is 36.2 Å². The SMILES string of the molecule is COC(=O)c1ccc(CNC(=O)c2ccn[nH]2)c(Br)c1. The predicted octanol–water partition coefficient (Wildman–Crippen LogP) is 1.89. The third-order valence-corrected chi connectivity index (χ3v) is 3.40. The first-order valence-corrected chi connectivity index (χ1v) is 6.55. The smallest absolute Gasteiger partial charge is 0.337 e. The zero-order valence-electron chi connectivity index (χ0n) is 10.6. The molecule has 20 heavy (non-hydrogen) atoms. The quantitative estimate of drug-likeness (QED) is 0.834. The summed E-state index contributed by atoms with van der Waals surface area (Å²) < 4.78 is 5.36. The number of methoxy groups -OCH3 is 1. The normalized spacial score (nSPS) is 10.1. The van der Waals surface area contributed by atoms with E-state index in [0.717, 1.165) is 10.0 Å². The van der Waals surface area contributed by atoms with Gasteiger partial charge in [0.1, 0.15) is 5.69 Å². The molecule has 0 unspecified atom stereocenters. The van der Waals surface area contributed by atoms with E-state index >= 15 is 0 Å². The molecule has 0 atom stereocenters. The topological polar surface area (TPSA) is 84.1 Å². The van der Waals surface area contributed by atoms with E-state index in [1.54, 1.807) is 24.3 Å². The summed E-state index contributed by atoms with van der Waals surface area (Å²) in [5.41, 5.74) is 1.70. The number of nitrogens with zero attached hydrogens (tertiary/aromatic N) is 1. The van der Waals surface area contributed by atoms with E-state index in [9.17, 15) is 9.59 Å². The number of ether oxygens (including phenoxy) is 1. The molecule has 6 nitrogen and oxygen atoms in total. The Morgan fingerprint density at radius 3 is 2.80 bits per heavy atom. The molecule has 2 rings (SSSR count). The number of hydrogen-bond acceptors (Lipinski definition) is 4. The van der Waals surface area contributed by atoms with Crippen LogP contribution in [0.2, 0.25) is 0 Å². The molecule has 0 saturated carbocycles. The molecule has 0 spiro atoms. The summed E-state index contributed by atoms with van der Waals surface area (Å²) in [4.78, 5) is 23.1. The van der Waals surface area contributed by atoms with Crippen molar-refractivity contribution in [2.24, 2.45) is 0 Å². The third-order valence-electron chi connectivity index (χ3n) is 2.66. The fourth-order valence-electron chi connectivity index (χ4n) is 1.59. The minimum Gasteiger partial charge on any atom is -0.465 e. The fourth-order valence-corrected chi connectivity index (χ4v) is 2.11. The molecular formula is C13H12BrN3O3. The Labute approximate surface area is 123 Å². The van der Waals surface area contributed by atoms with Gasteiger partial charge in [-0.25, -0.2) is 4.79 Å². The molecule has 1 heterocycles. The number of halogens is 1. The summed E-state index contributed by atoms with van der Waals surface area (Å²) in [6, 6.07) is 6.64. The first-order valence-electron chi connectivity index (χ1n) is 5.76. The maximum Gasteiger partial charge on any atom is 0.337 e. The Morgan fingerprint density at radius 2 is 2.20 bits per heavy atom. The number of aromatic amines is 1. The van der Waals surface area contributed by atoms with Crippen LogP contribution in [0.4, 0.5) is 0 Å². The van der Waals surface area contributed by atoms with Crippen LogP contribution < -0.4 is 5.32 Å². The van der Waals surface area contributed by atoms with Gasteiger partial charge in [0.05, 0.1) is 12.7 Å². The highest BCUT2D eigenvalue weighted by Gasteiger charge is 2.10. The first kappa shape index (κ1) is 14.3. The van der Waals surface area contributed by atoms with Crippen LogP contribution in [0.15, 0.2) is 34.9 Å². The highest BCUT2D eigenvalue weighted by molar-refractivity contribution is 9.10. The van der Waals surface area contributed by atoms with Gasteiger partial charge in [0.2, 0.25) is 0 Å². The molecule has 2 aromatic rings. The van der Waals surface area contributed by atoms with Crippen molar-refractivity contribution in [1.82, 2.24) is 15.5 Å². The van der Waals surface area contributed by atoms with Crippen LogP contribution in [0.3, 0.4) is 0 Å². The molecule has 0 fully saturated rings. The molecule has 0 aliphatic rings. The fraction of sp³-hybridized carbons (Fsp3) is 0.154. The molecule has 0 bridgehead atoms. The van der Waals surface area contributed by atoms with E-state index in [-0.39, 0.29) is 5.91 Å². The lowest BCUT2D eigenvalue weighted by Crippen LogP contribution is -2.23. The van der Waals surface area contributed by atoms with Gasteiger partial charge in [-0.15, -0.1) is 0 Å². The van der Waals surface area contributed by atoms with Crippen LogP contribution >= 0.6 is 15.9 Å². The van der Waals surface area contributed by atoms with Crippen molar-refractivity contribution in [3.05, 3.63) is 51.8 Å². The van der Waals surface area contributed by atoms with Crippen molar-refractivity contribution >= 4 is 27.8 Å². The standard InChI is InChI=1S/C13H12BrN3O3/c1-20-13(19)8-2-3-9(10(14)6-8)7-15-12(18)11-4-5-16-17-11/h2-6H,7H2,1H3,(H,15,18)(H,16,17). The van der Waals surface area contributed by atoms with Crippen LogP contribution in [-0.2, 0) is 11.3 Å². The minimum atomic E-state index is -0.404. The van der Waals surface area contributed by atoms with Gasteiger partial charge in [0.15, 0.2) is 0 Å². The van der Waals surface area contributed by atoms with E-state index in [1.807, 2.05) is 0 Å². The van der Waals surface area contributed by atoms with Crippen molar-refractivity contribution in [3.63, 3.8) is 0 Å². The molecule has 1 aromatic carbocycles. The zero-order chi connectivity index (χ0) is 14.5. The van der Waals surface area contributed by atoms with Gasteiger partial charge in [-0.1, -0.05) is 22.0 Å². The van der Waals surface area contributed by atoms with Crippen LogP contribution in [0.1, 0.15) is 26.4 Å². The highest BCUT2D eigenvalue weighted by Crippen LogP contribution is 2.19. The Kier molecular flexibility index (Phi) is 4.52. The molecular weight excluding hydrogens is 326 g/mol. The lowest BCUT2D eigenvalue weighted by Gasteiger charge is -2.07. The lowest BCUT2D eigenvalue weighted by molar-refractivity contribution is 0.0600. The summed E-state index contributed by atoms with van der Waals surface area (Å²) in [5.74, 6) is -0.648. The van der Waals surface area contributed by atoms with E-state index in [0.29, 0.717) is 17.8 Å². The van der Waals surface area contributed by atoms with Crippen molar-refractivity contribution in [1.29, 1.82) is 0 Å². The summed E-state index contributed by atoms with van der Waals surface area (Å²) in [7, 11) is 1.33. The number of hydrogen-bond donors (Lipinski definition) is 2. The molecule has 0 aliphatic carbocycles. The third kappa shape index (κ3) is 3.24. The second-order valence-electron chi connectivity index (χ2n) is 3.95. The van der Waals surface area contributed by atoms with Gasteiger partial charge < -0.3 is 10.1 Å². The summed E-state index contributed by atoms with van der Waals surface area (Å²) in [6.45, 7) is 0.333. The number of esters is 1. The highest BCUT2D eigenvalue weighted by atomic mass is 79.9. The minimum absolute atomic E-state index is 0.244. The van der Waals surface area contributed by atoms with Gasteiger partial charge in [0.25, 0.3) is 5.91 Å². The molecule has 0 radical (unpaired) electrons. The van der Waals surface area contributed by atoms with Crippen molar-refractivity contribution in [3.8, 4) is 0 Å². The lowest BCUT2D eigenvalue weighted by atomic mass is 10.1. The molecule has 0 saturated heterocycles. The van der Waals surface area contributed by atoms with Crippen LogP contribution in [0.5, 0.6) is 0 Å². The summed E-state index contributed by atoms with van der Waals surface area (Å²) in [5, 5.41) is 9.04. The van der Waals surface area contributed by atoms with Crippen molar-refractivity contribution in [2.45, 2.75) is 6.54 Å². The molecule has 7 heteroatoms. The summed E-state index contributed by atoms with van der Waals surface area (Å²) >= 11 is 3.36. The Balaban J connectivity index is 2.03. The number of benzene rings is 1. The molecule has 1 aromatic heterocycles. The zero-order valence-corrected chi connectivity index (χ0v) is 12.2. The van der Waals surface area contributed by atoms with Crippen LogP contribution in [0.25, 0.3) is 0 Å². The Hall–Kier alpha value is -2.15. The average Bonchev–Trinajstić information content (AvgIpc) is 2.99. The number of carbonyl (C=O) groups excluding carboxylic acids is 2. The van der Waals surface area contributed by atoms with Gasteiger partial charge in [-0.3, -0.25) is 9.89 Å². The number of nitrogens with one attached hydrogen (secondary N) is 2. The molecule has 1 amide bonds. The van der Waals surface area contributed by atoms with E-state index in [1.165, 1.54) is 13.3 Å². The van der Waals surface area contributed by atoms with Gasteiger partial charge in [-0.05, 0) is 23.8 Å². The number of amides is 1. The number of aromatic nitrogens is 2. The number of rotatable bonds is 4. The van der Waals surface area contributed by atoms with Crippen LogP contribution in [0, 0.1) is 0 Å². The maximum atomic E-state index is 11.7. The summed E-state index contributed by atoms with van der Waals surface area (Å²) in [6.07, 6.45) is 1.51. The molecule has 2 N–H and O–H groups in total. The predicted molar refractivity (Wildman–Crippen MR) is 75.2 cm³/mol. The molecule has 104 valence electrons. The number of carbonyl (C=O) groups is 2. The monoisotopic (exact) mass is 337 g/mol. The van der Waals surface area contributed by atoms with Gasteiger partial charge >= 0.3 is 5.97 Å².